The fourth-order valence-corrected chi connectivity index (χ4v) is 7.02. The number of aliphatic hydroxyl groups is 1. The van der Waals surface area contributed by atoms with Crippen molar-refractivity contribution in [3.05, 3.63) is 29.0 Å². The summed E-state index contributed by atoms with van der Waals surface area (Å²) >= 11 is 5.93. The van der Waals surface area contributed by atoms with Crippen LogP contribution in [0.3, 0.4) is 0 Å². The Balaban J connectivity index is 1.22. The average molecular weight is 475 g/mol. The molecule has 0 bridgehead atoms. The maximum Gasteiger partial charge on any atom is 0.225 e. The quantitative estimate of drug-likeness (QED) is 0.680. The van der Waals surface area contributed by atoms with Gasteiger partial charge in [-0.2, -0.15) is 0 Å². The van der Waals surface area contributed by atoms with Crippen molar-refractivity contribution in [2.45, 2.75) is 36.1 Å². The fraction of sp³-hybridized carbons (Fsp3) is 0.591. The molecule has 4 aliphatic rings. The van der Waals surface area contributed by atoms with Gasteiger partial charge in [0.05, 0.1) is 45.3 Å². The summed E-state index contributed by atoms with van der Waals surface area (Å²) in [5, 5.41) is 14.0. The van der Waals surface area contributed by atoms with Gasteiger partial charge in [-0.25, -0.2) is 15.0 Å². The van der Waals surface area contributed by atoms with Gasteiger partial charge in [-0.1, -0.05) is 11.6 Å². The summed E-state index contributed by atoms with van der Waals surface area (Å²) in [5.74, 6) is 4.14. The zero-order valence-corrected chi connectivity index (χ0v) is 19.4. The zero-order valence-electron chi connectivity index (χ0n) is 17.8. The highest BCUT2D eigenvalue weighted by Gasteiger charge is 2.42. The molecular weight excluding hydrogens is 448 g/mol. The van der Waals surface area contributed by atoms with E-state index in [0.29, 0.717) is 22.6 Å². The Bertz CT molecular complexity index is 1040. The second kappa shape index (κ2) is 7.81. The van der Waals surface area contributed by atoms with Crippen molar-refractivity contribution in [2.24, 2.45) is 11.8 Å². The van der Waals surface area contributed by atoms with Gasteiger partial charge in [0.15, 0.2) is 0 Å². The molecule has 3 atom stereocenters. The van der Waals surface area contributed by atoms with Gasteiger partial charge in [0.25, 0.3) is 0 Å². The first-order valence-electron chi connectivity index (χ1n) is 11.3. The number of nitrogens with zero attached hydrogens (tertiary/aromatic N) is 5. The van der Waals surface area contributed by atoms with Crippen molar-refractivity contribution in [2.75, 3.05) is 53.7 Å². The lowest BCUT2D eigenvalue weighted by molar-refractivity contribution is 0.143. The number of rotatable bonds is 5. The molecule has 2 unspecified atom stereocenters. The summed E-state index contributed by atoms with van der Waals surface area (Å²) < 4.78 is 12.7. The molecule has 170 valence electrons. The Kier molecular flexibility index (Phi) is 5.04. The van der Waals surface area contributed by atoms with Gasteiger partial charge in [-0.05, 0) is 37.3 Å². The van der Waals surface area contributed by atoms with Gasteiger partial charge >= 0.3 is 0 Å². The Morgan fingerprint density at radius 3 is 2.47 bits per heavy atom. The van der Waals surface area contributed by atoms with Crippen LogP contribution in [-0.2, 0) is 17.2 Å². The van der Waals surface area contributed by atoms with E-state index in [1.54, 1.807) is 12.4 Å². The molecule has 0 aromatic carbocycles. The lowest BCUT2D eigenvalue weighted by Crippen LogP contribution is -2.48. The molecule has 6 rings (SSSR count). The smallest absolute Gasteiger partial charge is 0.225 e. The van der Waals surface area contributed by atoms with Crippen LogP contribution < -0.4 is 15.1 Å². The lowest BCUT2D eigenvalue weighted by Gasteiger charge is -2.41. The van der Waals surface area contributed by atoms with Gasteiger partial charge in [0, 0.05) is 43.8 Å². The molecular formula is C22H27ClN6O2S. The number of nitrogens with one attached hydrogen (secondary N) is 1. The predicted octanol–water partition coefficient (Wildman–Crippen LogP) is 2.09. The molecule has 3 aliphatic heterocycles. The van der Waals surface area contributed by atoms with Crippen molar-refractivity contribution >= 4 is 40.0 Å². The minimum atomic E-state index is -1.02. The monoisotopic (exact) mass is 474 g/mol. The third kappa shape index (κ3) is 3.45. The molecule has 0 radical (unpaired) electrons. The number of pyridine rings is 1. The highest BCUT2D eigenvalue weighted by atomic mass is 35.5. The molecule has 5 heterocycles. The molecule has 0 spiro atoms. The van der Waals surface area contributed by atoms with Crippen molar-refractivity contribution in [1.82, 2.24) is 15.0 Å². The molecule has 2 saturated heterocycles. The number of fused-ring (bicyclic) bond motifs is 2. The zero-order chi connectivity index (χ0) is 21.9. The lowest BCUT2D eigenvalue weighted by atomic mass is 9.77. The molecule has 2 aromatic rings. The Hall–Kier alpha value is -1.97. The third-order valence-corrected chi connectivity index (χ3v) is 9.20. The van der Waals surface area contributed by atoms with Gasteiger partial charge in [-0.3, -0.25) is 4.21 Å². The summed E-state index contributed by atoms with van der Waals surface area (Å²) in [6.45, 7) is 3.81. The van der Waals surface area contributed by atoms with Crippen LogP contribution in [0.15, 0.2) is 23.4 Å². The van der Waals surface area contributed by atoms with Crippen LogP contribution in [0, 0.1) is 11.8 Å². The SMILES string of the molecule is O=[S@@]1CCc2cc(N3CC4CN(c5ncc(Cl)cn5)CC4C3)nc(NC3(CO)CCC3)c21. The van der Waals surface area contributed by atoms with Crippen molar-refractivity contribution in [3.8, 4) is 0 Å². The molecule has 1 saturated carbocycles. The van der Waals surface area contributed by atoms with Crippen molar-refractivity contribution in [1.29, 1.82) is 0 Å². The largest absolute Gasteiger partial charge is 0.394 e. The van der Waals surface area contributed by atoms with E-state index in [-0.39, 0.29) is 12.1 Å². The van der Waals surface area contributed by atoms with Gasteiger partial charge in [0.1, 0.15) is 11.6 Å². The summed E-state index contributed by atoms with van der Waals surface area (Å²) in [6, 6.07) is 2.14. The number of hydrogen-bond acceptors (Lipinski definition) is 8. The minimum absolute atomic E-state index is 0.0801. The van der Waals surface area contributed by atoms with E-state index in [1.807, 2.05) is 0 Å². The van der Waals surface area contributed by atoms with Crippen molar-refractivity contribution in [3.63, 3.8) is 0 Å². The highest BCUT2D eigenvalue weighted by Crippen LogP contribution is 2.41. The summed E-state index contributed by atoms with van der Waals surface area (Å²) in [7, 11) is -1.02. The van der Waals surface area contributed by atoms with Crippen LogP contribution in [0.4, 0.5) is 17.6 Å². The molecule has 2 aromatic heterocycles. The Morgan fingerprint density at radius 2 is 1.84 bits per heavy atom. The number of anilines is 3. The highest BCUT2D eigenvalue weighted by molar-refractivity contribution is 7.85. The molecule has 3 fully saturated rings. The molecule has 8 nitrogen and oxygen atoms in total. The predicted molar refractivity (Wildman–Crippen MR) is 125 cm³/mol. The number of aryl methyl sites for hydroxylation is 1. The van der Waals surface area contributed by atoms with E-state index >= 15 is 0 Å². The van der Waals surface area contributed by atoms with Crippen LogP contribution in [0.1, 0.15) is 24.8 Å². The van der Waals surface area contributed by atoms with Crippen LogP contribution in [0.5, 0.6) is 0 Å². The standard InChI is InChI=1S/C22H27ClN6O2S/c23-17-7-24-21(25-8-17)29-11-15-9-28(10-16(15)12-29)18-6-14-2-5-32(31)19(14)20(26-18)27-22(13-30)3-1-4-22/h6-8,15-16,30H,1-5,9-13H2,(H,26,27)/t15?,16?,32-/m1/s1. The normalized spacial score (nSPS) is 27.9. The van der Waals surface area contributed by atoms with Crippen LogP contribution in [0.25, 0.3) is 0 Å². The second-order valence-corrected chi connectivity index (χ2v) is 11.5. The van der Waals surface area contributed by atoms with Gasteiger partial charge < -0.3 is 20.2 Å². The molecule has 1 aliphatic carbocycles. The maximum atomic E-state index is 12.7. The number of hydrogen-bond donors (Lipinski definition) is 2. The molecule has 32 heavy (non-hydrogen) atoms. The van der Waals surface area contributed by atoms with E-state index in [0.717, 1.165) is 79.9 Å². The van der Waals surface area contributed by atoms with Crippen LogP contribution in [0.2, 0.25) is 5.02 Å². The number of halogens is 1. The molecule has 10 heteroatoms. The van der Waals surface area contributed by atoms with E-state index in [4.69, 9.17) is 16.6 Å². The minimum Gasteiger partial charge on any atom is -0.394 e. The average Bonchev–Trinajstić information content (AvgIpc) is 3.44. The number of aromatic nitrogens is 3. The van der Waals surface area contributed by atoms with Crippen molar-refractivity contribution < 1.29 is 9.32 Å². The molecule has 0 amide bonds. The van der Waals surface area contributed by atoms with Crippen LogP contribution in [-0.4, -0.2) is 68.3 Å². The topological polar surface area (TPSA) is 94.5 Å². The third-order valence-electron chi connectivity index (χ3n) is 7.52. The Morgan fingerprint density at radius 1 is 1.16 bits per heavy atom. The van der Waals surface area contributed by atoms with Crippen LogP contribution >= 0.6 is 11.6 Å². The first-order valence-corrected chi connectivity index (χ1v) is 13.0. The van der Waals surface area contributed by atoms with Gasteiger partial charge in [0.2, 0.25) is 5.95 Å². The van der Waals surface area contributed by atoms with E-state index < -0.39 is 10.8 Å². The van der Waals surface area contributed by atoms with E-state index in [1.165, 1.54) is 0 Å². The second-order valence-electron chi connectivity index (χ2n) is 9.57. The number of aliphatic hydroxyl groups excluding tert-OH is 1. The van der Waals surface area contributed by atoms with Gasteiger partial charge in [-0.15, -0.1) is 0 Å². The fourth-order valence-electron chi connectivity index (χ4n) is 5.55. The first-order chi connectivity index (χ1) is 15.5. The maximum absolute atomic E-state index is 12.7. The van der Waals surface area contributed by atoms with E-state index in [2.05, 4.69) is 31.2 Å². The summed E-state index contributed by atoms with van der Waals surface area (Å²) in [5.41, 5.74) is 0.823. The Labute approximate surface area is 194 Å². The summed E-state index contributed by atoms with van der Waals surface area (Å²) in [6.07, 6.45) is 7.07. The van der Waals surface area contributed by atoms with E-state index in [9.17, 15) is 9.32 Å². The first kappa shape index (κ1) is 20.6. The summed E-state index contributed by atoms with van der Waals surface area (Å²) in [4.78, 5) is 19.2. The molecule has 2 N–H and O–H groups in total.